The van der Waals surface area contributed by atoms with Gasteiger partial charge >= 0.3 is 0 Å². The molecule has 2 fully saturated rings. The largest absolute Gasteiger partial charge is 0.336 e. The number of anilines is 2. The van der Waals surface area contributed by atoms with E-state index in [1.54, 1.807) is 29.2 Å². The van der Waals surface area contributed by atoms with Crippen molar-refractivity contribution in [2.45, 2.75) is 38.6 Å². The molecule has 0 spiro atoms. The number of hydrogen-bond donors (Lipinski definition) is 1. The lowest BCUT2D eigenvalue weighted by atomic mass is 10.0. The molecule has 2 atom stereocenters. The quantitative estimate of drug-likeness (QED) is 0.843. The lowest BCUT2D eigenvalue weighted by Crippen LogP contribution is -2.42. The molecule has 2 saturated heterocycles. The van der Waals surface area contributed by atoms with Crippen LogP contribution in [0.3, 0.4) is 0 Å². The summed E-state index contributed by atoms with van der Waals surface area (Å²) in [5, 5.41) is 2.89. The van der Waals surface area contributed by atoms with Gasteiger partial charge in [-0.2, -0.15) is 0 Å². The van der Waals surface area contributed by atoms with E-state index in [4.69, 9.17) is 0 Å². The molecule has 4 rings (SSSR count). The molecule has 0 radical (unpaired) electrons. The first-order chi connectivity index (χ1) is 14.5. The average molecular weight is 405 g/mol. The Morgan fingerprint density at radius 2 is 1.73 bits per heavy atom. The molecule has 3 amide bonds. The van der Waals surface area contributed by atoms with Crippen LogP contribution in [0, 0.1) is 5.92 Å². The van der Waals surface area contributed by atoms with Crippen molar-refractivity contribution in [2.24, 2.45) is 5.92 Å². The van der Waals surface area contributed by atoms with Crippen LogP contribution in [0.5, 0.6) is 0 Å². The zero-order valence-electron chi connectivity index (χ0n) is 17.2. The van der Waals surface area contributed by atoms with Gasteiger partial charge < -0.3 is 15.1 Å². The molecule has 2 aliphatic heterocycles. The highest BCUT2D eigenvalue weighted by atomic mass is 16.2. The Labute approximate surface area is 176 Å². The zero-order valence-corrected chi connectivity index (χ0v) is 17.2. The van der Waals surface area contributed by atoms with Crippen LogP contribution < -0.4 is 10.2 Å². The number of carbonyl (C=O) groups excluding carboxylic acids is 3. The standard InChI is InChI=1S/C24H27N3O3/c1-17-7-5-6-14-26(17)24(30)18-10-12-20(13-11-18)25-23(29)19-15-22(28)27(16-19)21-8-3-2-4-9-21/h2-4,8-13,17,19H,5-7,14-16H2,1H3,(H,25,29). The summed E-state index contributed by atoms with van der Waals surface area (Å²) in [6.45, 7) is 3.26. The van der Waals surface area contributed by atoms with Crippen LogP contribution in [0.2, 0.25) is 0 Å². The number of amides is 3. The lowest BCUT2D eigenvalue weighted by molar-refractivity contribution is -0.122. The van der Waals surface area contributed by atoms with Crippen LogP contribution in [0.15, 0.2) is 54.6 Å². The molecule has 2 unspecified atom stereocenters. The SMILES string of the molecule is CC1CCCCN1C(=O)c1ccc(NC(=O)C2CC(=O)N(c3ccccc3)C2)cc1. The molecule has 156 valence electrons. The van der Waals surface area contributed by atoms with Crippen LogP contribution in [0.4, 0.5) is 11.4 Å². The van der Waals surface area contributed by atoms with E-state index in [0.29, 0.717) is 17.8 Å². The number of hydrogen-bond acceptors (Lipinski definition) is 3. The zero-order chi connectivity index (χ0) is 21.1. The Morgan fingerprint density at radius 1 is 1.00 bits per heavy atom. The first kappa shape index (κ1) is 20.1. The smallest absolute Gasteiger partial charge is 0.254 e. The number of para-hydroxylation sites is 1. The molecular weight excluding hydrogens is 378 g/mol. The second-order valence-corrected chi connectivity index (χ2v) is 8.15. The summed E-state index contributed by atoms with van der Waals surface area (Å²) < 4.78 is 0. The van der Waals surface area contributed by atoms with Crippen molar-refractivity contribution in [2.75, 3.05) is 23.3 Å². The van der Waals surface area contributed by atoms with Crippen molar-refractivity contribution in [3.63, 3.8) is 0 Å². The van der Waals surface area contributed by atoms with Gasteiger partial charge in [0.15, 0.2) is 0 Å². The van der Waals surface area contributed by atoms with E-state index in [2.05, 4.69) is 12.2 Å². The fourth-order valence-corrected chi connectivity index (χ4v) is 4.25. The van der Waals surface area contributed by atoms with Gasteiger partial charge in [-0.1, -0.05) is 18.2 Å². The predicted molar refractivity (Wildman–Crippen MR) is 116 cm³/mol. The second kappa shape index (κ2) is 8.69. The van der Waals surface area contributed by atoms with Crippen LogP contribution in [-0.2, 0) is 9.59 Å². The molecule has 2 aromatic carbocycles. The van der Waals surface area contributed by atoms with E-state index in [-0.39, 0.29) is 30.2 Å². The van der Waals surface area contributed by atoms with Gasteiger partial charge in [0.25, 0.3) is 5.91 Å². The van der Waals surface area contributed by atoms with Crippen LogP contribution in [0.1, 0.15) is 43.0 Å². The molecule has 1 N–H and O–H groups in total. The maximum Gasteiger partial charge on any atom is 0.254 e. The van der Waals surface area contributed by atoms with Gasteiger partial charge in [-0.15, -0.1) is 0 Å². The number of rotatable bonds is 4. The fraction of sp³-hybridized carbons (Fsp3) is 0.375. The van der Waals surface area contributed by atoms with Crippen LogP contribution >= 0.6 is 0 Å². The van der Waals surface area contributed by atoms with E-state index >= 15 is 0 Å². The third-order valence-electron chi connectivity index (χ3n) is 6.03. The van der Waals surface area contributed by atoms with Crippen LogP contribution in [-0.4, -0.2) is 41.8 Å². The topological polar surface area (TPSA) is 69.7 Å². The van der Waals surface area contributed by atoms with E-state index in [0.717, 1.165) is 25.1 Å². The van der Waals surface area contributed by atoms with Crippen molar-refractivity contribution >= 4 is 29.1 Å². The molecule has 30 heavy (non-hydrogen) atoms. The number of piperidine rings is 1. The van der Waals surface area contributed by atoms with Crippen molar-refractivity contribution in [1.82, 2.24) is 4.90 Å². The Morgan fingerprint density at radius 3 is 2.43 bits per heavy atom. The van der Waals surface area contributed by atoms with E-state index in [1.807, 2.05) is 35.2 Å². The van der Waals surface area contributed by atoms with E-state index < -0.39 is 5.92 Å². The number of nitrogens with one attached hydrogen (secondary N) is 1. The highest BCUT2D eigenvalue weighted by Gasteiger charge is 2.35. The second-order valence-electron chi connectivity index (χ2n) is 8.15. The summed E-state index contributed by atoms with van der Waals surface area (Å²) in [6, 6.07) is 16.7. The monoisotopic (exact) mass is 405 g/mol. The molecule has 2 aliphatic rings. The van der Waals surface area contributed by atoms with Gasteiger partial charge in [-0.25, -0.2) is 0 Å². The number of likely N-dealkylation sites (tertiary alicyclic amines) is 1. The Hall–Kier alpha value is -3.15. The minimum absolute atomic E-state index is 0.0416. The fourth-order valence-electron chi connectivity index (χ4n) is 4.25. The van der Waals surface area contributed by atoms with Gasteiger partial charge in [-0.05, 0) is 62.6 Å². The van der Waals surface area contributed by atoms with Crippen LogP contribution in [0.25, 0.3) is 0 Å². The molecule has 0 aromatic heterocycles. The Bertz CT molecular complexity index is 926. The predicted octanol–water partition coefficient (Wildman–Crippen LogP) is 3.69. The highest BCUT2D eigenvalue weighted by Crippen LogP contribution is 2.26. The molecule has 2 aromatic rings. The van der Waals surface area contributed by atoms with Gasteiger partial charge in [0, 0.05) is 42.5 Å². The van der Waals surface area contributed by atoms with Gasteiger partial charge in [0.05, 0.1) is 5.92 Å². The van der Waals surface area contributed by atoms with Crippen molar-refractivity contribution in [1.29, 1.82) is 0 Å². The normalized spacial score (nSPS) is 21.6. The Balaban J connectivity index is 1.37. The number of nitrogens with zero attached hydrogens (tertiary/aromatic N) is 2. The van der Waals surface area contributed by atoms with Crippen molar-refractivity contribution < 1.29 is 14.4 Å². The lowest BCUT2D eigenvalue weighted by Gasteiger charge is -2.33. The van der Waals surface area contributed by atoms with Crippen molar-refractivity contribution in [3.8, 4) is 0 Å². The van der Waals surface area contributed by atoms with Gasteiger partial charge in [0.2, 0.25) is 11.8 Å². The third-order valence-corrected chi connectivity index (χ3v) is 6.03. The van der Waals surface area contributed by atoms with Gasteiger partial charge in [-0.3, -0.25) is 14.4 Å². The first-order valence-electron chi connectivity index (χ1n) is 10.6. The summed E-state index contributed by atoms with van der Waals surface area (Å²) in [4.78, 5) is 41.4. The number of benzene rings is 2. The molecule has 0 aliphatic carbocycles. The minimum Gasteiger partial charge on any atom is -0.336 e. The molecule has 6 nitrogen and oxygen atoms in total. The van der Waals surface area contributed by atoms with E-state index in [1.165, 1.54) is 6.42 Å². The molecule has 6 heteroatoms. The molecular formula is C24H27N3O3. The van der Waals surface area contributed by atoms with Crippen molar-refractivity contribution in [3.05, 3.63) is 60.2 Å². The maximum atomic E-state index is 12.8. The highest BCUT2D eigenvalue weighted by molar-refractivity contribution is 6.03. The Kier molecular flexibility index (Phi) is 5.84. The van der Waals surface area contributed by atoms with Gasteiger partial charge in [0.1, 0.15) is 0 Å². The summed E-state index contributed by atoms with van der Waals surface area (Å²) in [7, 11) is 0. The summed E-state index contributed by atoms with van der Waals surface area (Å²) in [5.74, 6) is -0.573. The third kappa shape index (κ3) is 4.22. The number of carbonyl (C=O) groups is 3. The minimum atomic E-state index is -0.395. The molecule has 0 bridgehead atoms. The first-order valence-corrected chi connectivity index (χ1v) is 10.6. The maximum absolute atomic E-state index is 12.8. The average Bonchev–Trinajstić information content (AvgIpc) is 3.16. The summed E-state index contributed by atoms with van der Waals surface area (Å²) >= 11 is 0. The molecule has 2 heterocycles. The molecule has 0 saturated carbocycles. The summed E-state index contributed by atoms with van der Waals surface area (Å²) in [6.07, 6.45) is 3.45. The van der Waals surface area contributed by atoms with E-state index in [9.17, 15) is 14.4 Å². The summed E-state index contributed by atoms with van der Waals surface area (Å²) in [5.41, 5.74) is 2.08.